The van der Waals surface area contributed by atoms with Gasteiger partial charge < -0.3 is 14.8 Å². The molecule has 0 heterocycles. The molecule has 176 valence electrons. The molecule has 0 aliphatic rings. The van der Waals surface area contributed by atoms with Crippen molar-refractivity contribution in [3.8, 4) is 11.5 Å². The minimum Gasteiger partial charge on any atom is -0.496 e. The Bertz CT molecular complexity index is 1370. The van der Waals surface area contributed by atoms with Crippen LogP contribution in [0.5, 0.6) is 11.5 Å². The van der Waals surface area contributed by atoms with Crippen LogP contribution in [-0.4, -0.2) is 31.7 Å². The lowest BCUT2D eigenvalue weighted by molar-refractivity contribution is -0.118. The van der Waals surface area contributed by atoms with Crippen molar-refractivity contribution in [3.63, 3.8) is 0 Å². The van der Waals surface area contributed by atoms with Gasteiger partial charge in [-0.05, 0) is 77.0 Å². The number of hydrazone groups is 1. The summed E-state index contributed by atoms with van der Waals surface area (Å²) in [6.07, 6.45) is 1.50. The van der Waals surface area contributed by atoms with E-state index >= 15 is 0 Å². The number of nitrogens with one attached hydrogen (secondary N) is 2. The number of fused-ring (bicyclic) bond motifs is 1. The SMILES string of the molecule is COc1cc2ccccc2cc1C(=O)NN=Cc1ccc(OCC(=O)Nc2ccc(F)cc2)cc1. The molecular formula is C27H22FN3O4. The summed E-state index contributed by atoms with van der Waals surface area (Å²) in [4.78, 5) is 24.6. The first-order chi connectivity index (χ1) is 17.0. The number of halogens is 1. The second kappa shape index (κ2) is 10.9. The van der Waals surface area contributed by atoms with Crippen LogP contribution in [0.3, 0.4) is 0 Å². The molecule has 7 nitrogen and oxygen atoms in total. The second-order valence-corrected chi connectivity index (χ2v) is 7.51. The standard InChI is InChI=1S/C27H22FN3O4/c1-34-25-15-20-5-3-2-4-19(20)14-24(25)27(33)31-29-16-18-6-12-23(13-7-18)35-17-26(32)30-22-10-8-21(28)9-11-22/h2-16H,17H2,1H3,(H,30,32)(H,31,33). The fraction of sp³-hybridized carbons (Fsp3) is 0.0741. The minimum absolute atomic E-state index is 0.200. The van der Waals surface area contributed by atoms with Crippen molar-refractivity contribution in [1.29, 1.82) is 0 Å². The zero-order valence-electron chi connectivity index (χ0n) is 18.8. The molecule has 0 unspecified atom stereocenters. The third-order valence-corrected chi connectivity index (χ3v) is 5.07. The number of hydrogen-bond acceptors (Lipinski definition) is 5. The number of amides is 2. The predicted molar refractivity (Wildman–Crippen MR) is 133 cm³/mol. The first-order valence-corrected chi connectivity index (χ1v) is 10.7. The summed E-state index contributed by atoms with van der Waals surface area (Å²) < 4.78 is 23.8. The molecule has 0 radical (unpaired) electrons. The minimum atomic E-state index is -0.393. The molecule has 0 spiro atoms. The summed E-state index contributed by atoms with van der Waals surface area (Å²) in [5.41, 5.74) is 4.09. The average Bonchev–Trinajstić information content (AvgIpc) is 2.88. The van der Waals surface area contributed by atoms with Gasteiger partial charge in [0.15, 0.2) is 6.61 Å². The van der Waals surface area contributed by atoms with E-state index in [1.54, 1.807) is 30.3 Å². The van der Waals surface area contributed by atoms with Crippen molar-refractivity contribution in [2.75, 3.05) is 19.0 Å². The van der Waals surface area contributed by atoms with Crippen LogP contribution in [-0.2, 0) is 4.79 Å². The maximum Gasteiger partial charge on any atom is 0.275 e. The third kappa shape index (κ3) is 6.20. The smallest absolute Gasteiger partial charge is 0.275 e. The Hall–Kier alpha value is -4.72. The lowest BCUT2D eigenvalue weighted by Gasteiger charge is -2.09. The number of carbonyl (C=O) groups excluding carboxylic acids is 2. The Morgan fingerprint density at radius 1 is 0.943 bits per heavy atom. The Morgan fingerprint density at radius 2 is 1.63 bits per heavy atom. The van der Waals surface area contributed by atoms with Crippen LogP contribution >= 0.6 is 0 Å². The lowest BCUT2D eigenvalue weighted by atomic mass is 10.1. The Labute approximate surface area is 201 Å². The van der Waals surface area contributed by atoms with Crippen molar-refractivity contribution in [3.05, 3.63) is 102 Å². The van der Waals surface area contributed by atoms with E-state index in [-0.39, 0.29) is 18.3 Å². The highest BCUT2D eigenvalue weighted by atomic mass is 19.1. The molecule has 0 bridgehead atoms. The fourth-order valence-electron chi connectivity index (χ4n) is 3.32. The van der Waals surface area contributed by atoms with Gasteiger partial charge in [-0.3, -0.25) is 9.59 Å². The summed E-state index contributed by atoms with van der Waals surface area (Å²) in [5.74, 6) is -0.191. The van der Waals surface area contributed by atoms with Gasteiger partial charge in [-0.2, -0.15) is 5.10 Å². The van der Waals surface area contributed by atoms with Crippen LogP contribution in [0.4, 0.5) is 10.1 Å². The molecule has 0 saturated heterocycles. The molecule has 0 aromatic heterocycles. The van der Waals surface area contributed by atoms with Gasteiger partial charge in [-0.25, -0.2) is 9.82 Å². The van der Waals surface area contributed by atoms with E-state index in [1.807, 2.05) is 30.3 Å². The summed E-state index contributed by atoms with van der Waals surface area (Å²) in [6, 6.07) is 23.6. The summed E-state index contributed by atoms with van der Waals surface area (Å²) in [6.45, 7) is -0.200. The van der Waals surface area contributed by atoms with Crippen molar-refractivity contribution in [1.82, 2.24) is 5.43 Å². The lowest BCUT2D eigenvalue weighted by Crippen LogP contribution is -2.20. The molecule has 35 heavy (non-hydrogen) atoms. The van der Waals surface area contributed by atoms with E-state index in [2.05, 4.69) is 15.8 Å². The number of hydrogen-bond donors (Lipinski definition) is 2. The maximum absolute atomic E-state index is 12.9. The van der Waals surface area contributed by atoms with E-state index in [1.165, 1.54) is 37.6 Å². The monoisotopic (exact) mass is 471 g/mol. The van der Waals surface area contributed by atoms with Crippen LogP contribution in [0.2, 0.25) is 0 Å². The third-order valence-electron chi connectivity index (χ3n) is 5.07. The van der Waals surface area contributed by atoms with Crippen LogP contribution in [0.1, 0.15) is 15.9 Å². The molecule has 0 aliphatic carbocycles. The van der Waals surface area contributed by atoms with Crippen LogP contribution in [0, 0.1) is 5.82 Å². The van der Waals surface area contributed by atoms with E-state index in [4.69, 9.17) is 9.47 Å². The number of rotatable bonds is 8. The first-order valence-electron chi connectivity index (χ1n) is 10.7. The molecule has 0 fully saturated rings. The number of carbonyl (C=O) groups is 2. The number of ether oxygens (including phenoxy) is 2. The van der Waals surface area contributed by atoms with Gasteiger partial charge in [0.1, 0.15) is 17.3 Å². The quantitative estimate of drug-likeness (QED) is 0.286. The zero-order chi connectivity index (χ0) is 24.6. The Kier molecular flexibility index (Phi) is 7.32. The molecular weight excluding hydrogens is 449 g/mol. The van der Waals surface area contributed by atoms with Gasteiger partial charge >= 0.3 is 0 Å². The zero-order valence-corrected chi connectivity index (χ0v) is 18.8. The van der Waals surface area contributed by atoms with E-state index in [0.717, 1.165) is 16.3 Å². The molecule has 4 rings (SSSR count). The van der Waals surface area contributed by atoms with Crippen molar-refractivity contribution >= 4 is 34.5 Å². The largest absolute Gasteiger partial charge is 0.496 e. The molecule has 8 heteroatoms. The molecule has 0 aliphatic heterocycles. The van der Waals surface area contributed by atoms with Gasteiger partial charge in [-0.15, -0.1) is 0 Å². The average molecular weight is 471 g/mol. The second-order valence-electron chi connectivity index (χ2n) is 7.51. The Morgan fingerprint density at radius 3 is 2.31 bits per heavy atom. The van der Waals surface area contributed by atoms with Gasteiger partial charge in [0.25, 0.3) is 11.8 Å². The molecule has 4 aromatic carbocycles. The molecule has 4 aromatic rings. The van der Waals surface area contributed by atoms with Gasteiger partial charge in [0.05, 0.1) is 18.9 Å². The molecule has 0 saturated carbocycles. The van der Waals surface area contributed by atoms with Gasteiger partial charge in [-0.1, -0.05) is 24.3 Å². The number of nitrogens with zero attached hydrogens (tertiary/aromatic N) is 1. The first kappa shape index (κ1) is 23.4. The highest BCUT2D eigenvalue weighted by molar-refractivity contribution is 6.02. The molecule has 0 atom stereocenters. The highest BCUT2D eigenvalue weighted by Crippen LogP contribution is 2.25. The Balaban J connectivity index is 1.30. The van der Waals surface area contributed by atoms with Crippen LogP contribution in [0.15, 0.2) is 90.0 Å². The normalized spacial score (nSPS) is 10.8. The van der Waals surface area contributed by atoms with E-state index in [0.29, 0.717) is 22.7 Å². The summed E-state index contributed by atoms with van der Waals surface area (Å²) in [5, 5.41) is 8.53. The van der Waals surface area contributed by atoms with Crippen LogP contribution < -0.4 is 20.2 Å². The van der Waals surface area contributed by atoms with Gasteiger partial charge in [0, 0.05) is 5.69 Å². The van der Waals surface area contributed by atoms with Gasteiger partial charge in [0.2, 0.25) is 0 Å². The maximum atomic E-state index is 12.9. The van der Waals surface area contributed by atoms with Crippen molar-refractivity contribution in [2.24, 2.45) is 5.10 Å². The van der Waals surface area contributed by atoms with Crippen molar-refractivity contribution < 1.29 is 23.5 Å². The molecule has 2 amide bonds. The topological polar surface area (TPSA) is 89.0 Å². The number of methoxy groups -OCH3 is 1. The summed E-state index contributed by atoms with van der Waals surface area (Å²) in [7, 11) is 1.51. The number of benzene rings is 4. The number of anilines is 1. The van der Waals surface area contributed by atoms with Crippen molar-refractivity contribution in [2.45, 2.75) is 0 Å². The highest BCUT2D eigenvalue weighted by Gasteiger charge is 2.13. The van der Waals surface area contributed by atoms with E-state index in [9.17, 15) is 14.0 Å². The summed E-state index contributed by atoms with van der Waals surface area (Å²) >= 11 is 0. The predicted octanol–water partition coefficient (Wildman–Crippen LogP) is 4.77. The molecule has 2 N–H and O–H groups in total. The fourth-order valence-corrected chi connectivity index (χ4v) is 3.32. The van der Waals surface area contributed by atoms with Crippen LogP contribution in [0.25, 0.3) is 10.8 Å². The van der Waals surface area contributed by atoms with E-state index < -0.39 is 5.91 Å².